The molecule has 3 N–H and O–H groups in total. The molecule has 0 saturated heterocycles. The number of ether oxygens (including phenoxy) is 2. The van der Waals surface area contributed by atoms with Gasteiger partial charge in [0.1, 0.15) is 18.5 Å². The van der Waals surface area contributed by atoms with Crippen molar-refractivity contribution < 1.29 is 14.6 Å². The van der Waals surface area contributed by atoms with E-state index in [1.54, 1.807) is 7.11 Å². The van der Waals surface area contributed by atoms with E-state index in [2.05, 4.69) is 38.2 Å². The molecule has 0 amide bonds. The molecule has 1 unspecified atom stereocenters. The van der Waals surface area contributed by atoms with Crippen LogP contribution in [-0.4, -0.2) is 56.1 Å². The van der Waals surface area contributed by atoms with Crippen LogP contribution in [-0.2, 0) is 4.74 Å². The summed E-state index contributed by atoms with van der Waals surface area (Å²) >= 11 is 2.24. The minimum Gasteiger partial charge on any atom is -0.491 e. The fourth-order valence-corrected chi connectivity index (χ4v) is 2.03. The van der Waals surface area contributed by atoms with Gasteiger partial charge < -0.3 is 25.2 Å². The molecule has 0 aliphatic heterocycles. The number of hydrogen-bond donors (Lipinski definition) is 3. The van der Waals surface area contributed by atoms with Gasteiger partial charge in [-0.05, 0) is 67.6 Å². The Morgan fingerprint density at radius 1 is 1.28 bits per heavy atom. The van der Waals surface area contributed by atoms with Crippen LogP contribution in [0.1, 0.15) is 20.8 Å². The first-order valence-corrected chi connectivity index (χ1v) is 9.08. The largest absolute Gasteiger partial charge is 0.491 e. The van der Waals surface area contributed by atoms with Crippen LogP contribution in [0.2, 0.25) is 0 Å². The van der Waals surface area contributed by atoms with Crippen molar-refractivity contribution >= 4 is 52.5 Å². The van der Waals surface area contributed by atoms with E-state index in [1.165, 1.54) is 0 Å². The van der Waals surface area contributed by atoms with Crippen molar-refractivity contribution in [3.63, 3.8) is 0 Å². The molecule has 0 bridgehead atoms. The molecule has 0 radical (unpaired) electrons. The summed E-state index contributed by atoms with van der Waals surface area (Å²) < 4.78 is 12.1. The summed E-state index contributed by atoms with van der Waals surface area (Å²) in [5, 5.41) is 16.3. The van der Waals surface area contributed by atoms with Crippen molar-refractivity contribution in [3.8, 4) is 5.75 Å². The Hall–Kier alpha value is -0.330. The Labute approximate surface area is 181 Å². The number of hydrogen-bond acceptors (Lipinski definition) is 4. The lowest BCUT2D eigenvalue weighted by Crippen LogP contribution is -2.43. The Morgan fingerprint density at radius 3 is 2.48 bits per heavy atom. The summed E-state index contributed by atoms with van der Waals surface area (Å²) in [6.45, 7) is 7.78. The van der Waals surface area contributed by atoms with Crippen LogP contribution in [0.3, 0.4) is 0 Å². The Kier molecular flexibility index (Phi) is 12.8. The second-order valence-electron chi connectivity index (χ2n) is 5.96. The average molecular weight is 577 g/mol. The highest BCUT2D eigenvalue weighted by Gasteiger charge is 2.16. The molecule has 0 aliphatic carbocycles. The van der Waals surface area contributed by atoms with Gasteiger partial charge >= 0.3 is 0 Å². The van der Waals surface area contributed by atoms with Crippen molar-refractivity contribution in [1.82, 2.24) is 10.6 Å². The van der Waals surface area contributed by atoms with Gasteiger partial charge in [-0.2, -0.15) is 0 Å². The van der Waals surface area contributed by atoms with E-state index in [-0.39, 0.29) is 36.2 Å². The number of aliphatic hydroxyl groups is 1. The van der Waals surface area contributed by atoms with Gasteiger partial charge in [-0.1, -0.05) is 0 Å². The van der Waals surface area contributed by atoms with Gasteiger partial charge in [0.25, 0.3) is 0 Å². The van der Waals surface area contributed by atoms with Gasteiger partial charge in [-0.15, -0.1) is 24.0 Å². The summed E-state index contributed by atoms with van der Waals surface area (Å²) in [5.41, 5.74) is -0.325. The van der Waals surface area contributed by atoms with Gasteiger partial charge in [-0.3, -0.25) is 4.99 Å². The highest BCUT2D eigenvalue weighted by atomic mass is 127. The van der Waals surface area contributed by atoms with Crippen LogP contribution in [0.4, 0.5) is 0 Å². The lowest BCUT2D eigenvalue weighted by atomic mass is 10.1. The predicted octanol–water partition coefficient (Wildman–Crippen LogP) is 2.63. The van der Waals surface area contributed by atoms with Crippen LogP contribution >= 0.6 is 46.6 Å². The molecule has 1 rings (SSSR count). The van der Waals surface area contributed by atoms with E-state index in [0.717, 1.165) is 15.9 Å². The maximum atomic E-state index is 10.1. The smallest absolute Gasteiger partial charge is 0.191 e. The number of nitrogens with zero attached hydrogens (tertiary/aromatic N) is 1. The predicted molar refractivity (Wildman–Crippen MR) is 121 cm³/mol. The molecule has 6 nitrogen and oxygen atoms in total. The quantitative estimate of drug-likeness (QED) is 0.239. The minimum atomic E-state index is -0.636. The van der Waals surface area contributed by atoms with Crippen molar-refractivity contribution in [1.29, 1.82) is 0 Å². The maximum absolute atomic E-state index is 10.1. The fourth-order valence-electron chi connectivity index (χ4n) is 1.67. The zero-order chi connectivity index (χ0) is 18.0. The highest BCUT2D eigenvalue weighted by molar-refractivity contribution is 14.1. The topological polar surface area (TPSA) is 75.1 Å². The zero-order valence-corrected chi connectivity index (χ0v) is 19.7. The fraction of sp³-hybridized carbons (Fsp3) is 0.588. The second kappa shape index (κ2) is 12.9. The number of benzene rings is 1. The number of rotatable bonds is 9. The van der Waals surface area contributed by atoms with Crippen molar-refractivity contribution in [2.24, 2.45) is 4.99 Å². The first-order valence-electron chi connectivity index (χ1n) is 8.00. The molecule has 1 atom stereocenters. The zero-order valence-electron chi connectivity index (χ0n) is 15.2. The molecule has 25 heavy (non-hydrogen) atoms. The van der Waals surface area contributed by atoms with Crippen LogP contribution in [0.15, 0.2) is 29.3 Å². The van der Waals surface area contributed by atoms with Gasteiger partial charge in [-0.25, -0.2) is 0 Å². The van der Waals surface area contributed by atoms with Crippen LogP contribution in [0.25, 0.3) is 0 Å². The van der Waals surface area contributed by atoms with E-state index in [9.17, 15) is 5.11 Å². The number of guanidine groups is 1. The molecular formula is C17H29I2N3O3. The van der Waals surface area contributed by atoms with Crippen molar-refractivity contribution in [3.05, 3.63) is 27.8 Å². The molecule has 0 heterocycles. The molecule has 1 aromatic carbocycles. The van der Waals surface area contributed by atoms with Gasteiger partial charge in [0.2, 0.25) is 0 Å². The average Bonchev–Trinajstić information content (AvgIpc) is 2.57. The molecule has 144 valence electrons. The summed E-state index contributed by atoms with van der Waals surface area (Å²) in [4.78, 5) is 4.47. The molecule has 1 aromatic rings. The maximum Gasteiger partial charge on any atom is 0.191 e. The lowest BCUT2D eigenvalue weighted by Gasteiger charge is -2.21. The molecular weight excluding hydrogens is 548 g/mol. The number of aliphatic hydroxyl groups excluding tert-OH is 1. The van der Waals surface area contributed by atoms with Crippen molar-refractivity contribution in [2.75, 3.05) is 33.4 Å². The molecule has 0 saturated carbocycles. The summed E-state index contributed by atoms with van der Waals surface area (Å²) in [5.74, 6) is 1.40. The molecule has 0 spiro atoms. The Bertz CT molecular complexity index is 510. The first-order chi connectivity index (χ1) is 11.4. The lowest BCUT2D eigenvalue weighted by molar-refractivity contribution is 0.0310. The van der Waals surface area contributed by atoms with Crippen LogP contribution in [0, 0.1) is 3.57 Å². The summed E-state index contributed by atoms with van der Waals surface area (Å²) in [6.07, 6.45) is -0.636. The molecule has 0 aromatic heterocycles. The standard InChI is InChI=1S/C17H28IN3O3.HI/c1-5-19-16(21-12-17(2,3)23-4)20-10-14(22)11-24-15-8-6-13(18)7-9-15;/h6-9,14,22H,5,10-12H2,1-4H3,(H2,19,20,21);1H. The molecule has 8 heteroatoms. The van der Waals surface area contributed by atoms with E-state index < -0.39 is 6.10 Å². The normalized spacial score (nSPS) is 13.0. The van der Waals surface area contributed by atoms with Crippen LogP contribution in [0.5, 0.6) is 5.75 Å². The first kappa shape index (κ1) is 24.7. The van der Waals surface area contributed by atoms with Crippen LogP contribution < -0.4 is 15.4 Å². The molecule has 0 aliphatic rings. The van der Waals surface area contributed by atoms with Crippen molar-refractivity contribution in [2.45, 2.75) is 32.5 Å². The Balaban J connectivity index is 0.00000576. The SMILES string of the molecule is CCNC(=NCC(C)(C)OC)NCC(O)COc1ccc(I)cc1.I. The molecule has 0 fully saturated rings. The third-order valence-electron chi connectivity index (χ3n) is 3.28. The highest BCUT2D eigenvalue weighted by Crippen LogP contribution is 2.13. The number of nitrogens with one attached hydrogen (secondary N) is 2. The summed E-state index contributed by atoms with van der Waals surface area (Å²) in [6, 6.07) is 7.71. The second-order valence-corrected chi connectivity index (χ2v) is 7.20. The van der Waals surface area contributed by atoms with Gasteiger partial charge in [0.15, 0.2) is 5.96 Å². The van der Waals surface area contributed by atoms with Gasteiger partial charge in [0.05, 0.1) is 12.1 Å². The van der Waals surface area contributed by atoms with E-state index >= 15 is 0 Å². The van der Waals surface area contributed by atoms with E-state index in [1.807, 2.05) is 45.0 Å². The number of aliphatic imine (C=N–C) groups is 1. The third kappa shape index (κ3) is 11.1. The van der Waals surface area contributed by atoms with Gasteiger partial charge in [0, 0.05) is 23.8 Å². The monoisotopic (exact) mass is 577 g/mol. The van der Waals surface area contributed by atoms with E-state index in [4.69, 9.17) is 9.47 Å². The minimum absolute atomic E-state index is 0. The number of halogens is 2. The van der Waals surface area contributed by atoms with E-state index in [0.29, 0.717) is 19.0 Å². The summed E-state index contributed by atoms with van der Waals surface area (Å²) in [7, 11) is 1.67. The Morgan fingerprint density at radius 2 is 1.92 bits per heavy atom. The number of methoxy groups -OCH3 is 1. The third-order valence-corrected chi connectivity index (χ3v) is 4.00.